The molecule has 4 rings (SSSR count). The summed E-state index contributed by atoms with van der Waals surface area (Å²) in [6, 6.07) is 16.3. The molecule has 1 fully saturated rings. The van der Waals surface area contributed by atoms with Gasteiger partial charge in [0.2, 0.25) is 0 Å². The lowest BCUT2D eigenvalue weighted by Gasteiger charge is -2.34. The van der Waals surface area contributed by atoms with Gasteiger partial charge in [-0.05, 0) is 22.4 Å². The van der Waals surface area contributed by atoms with E-state index in [0.717, 1.165) is 19.6 Å². The van der Waals surface area contributed by atoms with Crippen molar-refractivity contribution >= 4 is 22.6 Å². The average molecular weight is 378 g/mol. The number of carbonyl (C=O) groups excluding carboxylic acids is 2. The average Bonchev–Trinajstić information content (AvgIpc) is 3.28. The second kappa shape index (κ2) is 8.27. The Morgan fingerprint density at radius 2 is 1.75 bits per heavy atom. The van der Waals surface area contributed by atoms with Gasteiger partial charge in [0.1, 0.15) is 6.26 Å². The minimum Gasteiger partial charge on any atom is -0.472 e. The lowest BCUT2D eigenvalue weighted by Crippen LogP contribution is -2.49. The maximum atomic E-state index is 12.3. The molecular weight excluding hydrogens is 356 g/mol. The van der Waals surface area contributed by atoms with Gasteiger partial charge < -0.3 is 14.1 Å². The molecule has 28 heavy (non-hydrogen) atoms. The Labute approximate surface area is 163 Å². The monoisotopic (exact) mass is 378 g/mol. The number of hydrogen-bond acceptors (Lipinski definition) is 5. The van der Waals surface area contributed by atoms with Crippen LogP contribution >= 0.6 is 0 Å². The van der Waals surface area contributed by atoms with Crippen LogP contribution in [0.1, 0.15) is 15.9 Å². The fraction of sp³-hybridized carbons (Fsp3) is 0.273. The summed E-state index contributed by atoms with van der Waals surface area (Å²) in [4.78, 5) is 28.2. The van der Waals surface area contributed by atoms with Crippen molar-refractivity contribution in [2.45, 2.75) is 6.54 Å². The third kappa shape index (κ3) is 4.07. The van der Waals surface area contributed by atoms with Crippen molar-refractivity contribution in [3.8, 4) is 0 Å². The van der Waals surface area contributed by atoms with Crippen LogP contribution < -0.4 is 0 Å². The first kappa shape index (κ1) is 18.3. The Kier molecular flexibility index (Phi) is 5.39. The molecule has 0 unspecified atom stereocenters. The molecule has 1 saturated heterocycles. The topological polar surface area (TPSA) is 63.0 Å². The van der Waals surface area contributed by atoms with E-state index in [-0.39, 0.29) is 12.5 Å². The highest BCUT2D eigenvalue weighted by Gasteiger charge is 2.22. The molecule has 1 amide bonds. The van der Waals surface area contributed by atoms with E-state index in [1.54, 1.807) is 4.90 Å². The number of carbonyl (C=O) groups is 2. The van der Waals surface area contributed by atoms with Crippen molar-refractivity contribution in [2.24, 2.45) is 0 Å². The van der Waals surface area contributed by atoms with E-state index in [2.05, 4.69) is 47.4 Å². The van der Waals surface area contributed by atoms with E-state index in [4.69, 9.17) is 9.15 Å². The van der Waals surface area contributed by atoms with Gasteiger partial charge in [0.15, 0.2) is 6.61 Å². The molecule has 0 spiro atoms. The molecule has 6 heteroatoms. The Bertz CT molecular complexity index is 954. The number of furan rings is 1. The fourth-order valence-corrected chi connectivity index (χ4v) is 3.51. The van der Waals surface area contributed by atoms with Crippen LogP contribution in [0.3, 0.4) is 0 Å². The van der Waals surface area contributed by atoms with Gasteiger partial charge in [-0.25, -0.2) is 4.79 Å². The van der Waals surface area contributed by atoms with Crippen LogP contribution in [0.15, 0.2) is 65.5 Å². The predicted molar refractivity (Wildman–Crippen MR) is 105 cm³/mol. The number of benzene rings is 2. The van der Waals surface area contributed by atoms with Crippen LogP contribution in [-0.4, -0.2) is 54.5 Å². The summed E-state index contributed by atoms with van der Waals surface area (Å²) in [5.74, 6) is -0.710. The molecule has 0 atom stereocenters. The van der Waals surface area contributed by atoms with Crippen LogP contribution in [0.5, 0.6) is 0 Å². The van der Waals surface area contributed by atoms with Gasteiger partial charge in [0.25, 0.3) is 5.91 Å². The van der Waals surface area contributed by atoms with Gasteiger partial charge in [0.05, 0.1) is 11.8 Å². The number of esters is 1. The second-order valence-corrected chi connectivity index (χ2v) is 6.88. The lowest BCUT2D eigenvalue weighted by molar-refractivity contribution is -0.136. The molecule has 6 nitrogen and oxygen atoms in total. The maximum Gasteiger partial charge on any atom is 0.341 e. The summed E-state index contributed by atoms with van der Waals surface area (Å²) in [5.41, 5.74) is 1.61. The quantitative estimate of drug-likeness (QED) is 0.639. The molecular formula is C22H22N2O4. The van der Waals surface area contributed by atoms with Gasteiger partial charge in [0, 0.05) is 32.7 Å². The number of nitrogens with zero attached hydrogens (tertiary/aromatic N) is 2. The number of fused-ring (bicyclic) bond motifs is 1. The molecule has 0 radical (unpaired) electrons. The highest BCUT2D eigenvalue weighted by Crippen LogP contribution is 2.20. The van der Waals surface area contributed by atoms with Crippen LogP contribution in [0.2, 0.25) is 0 Å². The van der Waals surface area contributed by atoms with E-state index >= 15 is 0 Å². The van der Waals surface area contributed by atoms with E-state index in [9.17, 15) is 9.59 Å². The van der Waals surface area contributed by atoms with Gasteiger partial charge in [-0.1, -0.05) is 42.5 Å². The maximum absolute atomic E-state index is 12.3. The Balaban J connectivity index is 1.28. The molecule has 1 aromatic heterocycles. The van der Waals surface area contributed by atoms with Gasteiger partial charge in [-0.3, -0.25) is 9.69 Å². The van der Waals surface area contributed by atoms with Gasteiger partial charge in [-0.2, -0.15) is 0 Å². The largest absolute Gasteiger partial charge is 0.472 e. The third-order valence-corrected chi connectivity index (χ3v) is 5.08. The summed E-state index contributed by atoms with van der Waals surface area (Å²) >= 11 is 0. The molecule has 0 bridgehead atoms. The number of ether oxygens (including phenoxy) is 1. The molecule has 0 aliphatic carbocycles. The fourth-order valence-electron chi connectivity index (χ4n) is 3.51. The molecule has 2 heterocycles. The Morgan fingerprint density at radius 3 is 2.54 bits per heavy atom. The highest BCUT2D eigenvalue weighted by molar-refractivity contribution is 5.91. The van der Waals surface area contributed by atoms with E-state index in [0.29, 0.717) is 18.7 Å². The van der Waals surface area contributed by atoms with E-state index in [1.165, 1.54) is 34.9 Å². The van der Waals surface area contributed by atoms with Crippen molar-refractivity contribution in [3.05, 3.63) is 72.2 Å². The summed E-state index contributed by atoms with van der Waals surface area (Å²) in [6.07, 6.45) is 2.70. The molecule has 3 aromatic rings. The highest BCUT2D eigenvalue weighted by atomic mass is 16.5. The van der Waals surface area contributed by atoms with Crippen molar-refractivity contribution in [1.82, 2.24) is 9.80 Å². The van der Waals surface area contributed by atoms with E-state index in [1.807, 2.05) is 0 Å². The van der Waals surface area contributed by atoms with Crippen LogP contribution in [0, 0.1) is 0 Å². The summed E-state index contributed by atoms with van der Waals surface area (Å²) < 4.78 is 9.91. The molecule has 0 N–H and O–H groups in total. The normalized spacial score (nSPS) is 14.9. The zero-order valence-corrected chi connectivity index (χ0v) is 15.5. The van der Waals surface area contributed by atoms with Gasteiger partial charge in [-0.15, -0.1) is 0 Å². The predicted octanol–water partition coefficient (Wildman–Crippen LogP) is 2.93. The van der Waals surface area contributed by atoms with Crippen molar-refractivity contribution in [1.29, 1.82) is 0 Å². The molecule has 0 saturated carbocycles. The van der Waals surface area contributed by atoms with E-state index < -0.39 is 5.97 Å². The Hall–Kier alpha value is -3.12. The number of hydrogen-bond donors (Lipinski definition) is 0. The van der Waals surface area contributed by atoms with Crippen molar-refractivity contribution in [3.63, 3.8) is 0 Å². The summed E-state index contributed by atoms with van der Waals surface area (Å²) in [5, 5.41) is 2.52. The van der Waals surface area contributed by atoms with Crippen LogP contribution in [0.25, 0.3) is 10.8 Å². The van der Waals surface area contributed by atoms with Crippen molar-refractivity contribution < 1.29 is 18.7 Å². The zero-order chi connectivity index (χ0) is 19.3. The first-order valence-corrected chi connectivity index (χ1v) is 9.37. The second-order valence-electron chi connectivity index (χ2n) is 6.88. The number of rotatable bonds is 5. The number of amides is 1. The standard InChI is InChI=1S/C22H22N2O4/c25-21(16-28-22(26)19-8-13-27-15-19)24-11-9-23(10-12-24)14-18-6-3-5-17-4-1-2-7-20(17)18/h1-8,13,15H,9-12,14,16H2. The first-order valence-electron chi connectivity index (χ1n) is 9.37. The van der Waals surface area contributed by atoms with Crippen molar-refractivity contribution in [2.75, 3.05) is 32.8 Å². The Morgan fingerprint density at radius 1 is 0.964 bits per heavy atom. The van der Waals surface area contributed by atoms with Crippen LogP contribution in [-0.2, 0) is 16.1 Å². The summed E-state index contributed by atoms with van der Waals surface area (Å²) in [6.45, 7) is 3.47. The number of piperazine rings is 1. The zero-order valence-electron chi connectivity index (χ0n) is 15.5. The molecule has 2 aromatic carbocycles. The van der Waals surface area contributed by atoms with Gasteiger partial charge >= 0.3 is 5.97 Å². The summed E-state index contributed by atoms with van der Waals surface area (Å²) in [7, 11) is 0. The van der Waals surface area contributed by atoms with Crippen LogP contribution in [0.4, 0.5) is 0 Å². The minimum absolute atomic E-state index is 0.165. The SMILES string of the molecule is O=C(OCC(=O)N1CCN(Cc2cccc3ccccc23)CC1)c1ccoc1. The lowest BCUT2D eigenvalue weighted by atomic mass is 10.0. The minimum atomic E-state index is -0.545. The molecule has 1 aliphatic rings. The third-order valence-electron chi connectivity index (χ3n) is 5.08. The molecule has 1 aliphatic heterocycles. The smallest absolute Gasteiger partial charge is 0.341 e. The molecule has 144 valence electrons. The first-order chi connectivity index (χ1) is 13.7.